The van der Waals surface area contributed by atoms with Gasteiger partial charge in [0.2, 0.25) is 0 Å². The number of benzene rings is 1. The van der Waals surface area contributed by atoms with E-state index in [0.717, 1.165) is 24.7 Å². The Bertz CT molecular complexity index is 542. The Kier molecular flexibility index (Phi) is 5.12. The Hall–Kier alpha value is -1.69. The average molecular weight is 309 g/mol. The Morgan fingerprint density at radius 3 is 2.52 bits per heavy atom. The van der Waals surface area contributed by atoms with Crippen molar-refractivity contribution in [1.29, 1.82) is 0 Å². The summed E-state index contributed by atoms with van der Waals surface area (Å²) in [5, 5.41) is 3.88. The minimum Gasteiger partial charge on any atom is -0.366 e. The summed E-state index contributed by atoms with van der Waals surface area (Å²) < 4.78 is 14.1. The van der Waals surface area contributed by atoms with E-state index in [1.807, 2.05) is 11.8 Å². The maximum Gasteiger partial charge on any atom is 0.169 e. The minimum atomic E-state index is -0.342. The van der Waals surface area contributed by atoms with Crippen LogP contribution in [0.2, 0.25) is 0 Å². The third-order valence-electron chi connectivity index (χ3n) is 3.59. The minimum absolute atomic E-state index is 0.124. The largest absolute Gasteiger partial charge is 0.366 e. The fraction of sp³-hybridized carbons (Fsp3) is 0.467. The smallest absolute Gasteiger partial charge is 0.169 e. The van der Waals surface area contributed by atoms with Gasteiger partial charge in [0.15, 0.2) is 10.9 Å². The van der Waals surface area contributed by atoms with Gasteiger partial charge in [-0.1, -0.05) is 0 Å². The molecule has 1 heterocycles. The van der Waals surface area contributed by atoms with Crippen LogP contribution in [-0.4, -0.2) is 48.5 Å². The first-order valence-electron chi connectivity index (χ1n) is 7.11. The van der Waals surface area contributed by atoms with Gasteiger partial charge in [-0.3, -0.25) is 4.79 Å². The van der Waals surface area contributed by atoms with Crippen molar-refractivity contribution in [2.45, 2.75) is 13.8 Å². The van der Waals surface area contributed by atoms with E-state index in [1.165, 1.54) is 13.0 Å². The molecule has 2 rings (SSSR count). The van der Waals surface area contributed by atoms with Gasteiger partial charge in [0.05, 0.1) is 5.69 Å². The second kappa shape index (κ2) is 6.85. The quantitative estimate of drug-likeness (QED) is 0.683. The van der Waals surface area contributed by atoms with Gasteiger partial charge in [-0.25, -0.2) is 4.39 Å². The summed E-state index contributed by atoms with van der Waals surface area (Å²) in [5.41, 5.74) is 0.956. The average Bonchev–Trinajstić information content (AvgIpc) is 2.47. The lowest BCUT2D eigenvalue weighted by Crippen LogP contribution is -2.51. The molecular formula is C15H20FN3OS. The van der Waals surface area contributed by atoms with Crippen molar-refractivity contribution in [2.75, 3.05) is 37.6 Å². The number of piperazine rings is 1. The summed E-state index contributed by atoms with van der Waals surface area (Å²) in [4.78, 5) is 15.3. The maximum absolute atomic E-state index is 14.1. The van der Waals surface area contributed by atoms with Gasteiger partial charge < -0.3 is 15.1 Å². The molecule has 1 aliphatic heterocycles. The van der Waals surface area contributed by atoms with Crippen molar-refractivity contribution >= 4 is 28.8 Å². The molecule has 6 heteroatoms. The molecule has 114 valence electrons. The molecule has 0 spiro atoms. The van der Waals surface area contributed by atoms with Crippen LogP contribution in [0.25, 0.3) is 0 Å². The Labute approximate surface area is 129 Å². The van der Waals surface area contributed by atoms with E-state index in [4.69, 9.17) is 12.2 Å². The van der Waals surface area contributed by atoms with Crippen LogP contribution < -0.4 is 10.2 Å². The van der Waals surface area contributed by atoms with E-state index in [9.17, 15) is 9.18 Å². The summed E-state index contributed by atoms with van der Waals surface area (Å²) in [6.45, 7) is 7.20. The molecule has 1 aromatic carbocycles. The van der Waals surface area contributed by atoms with Crippen molar-refractivity contribution in [3.05, 3.63) is 29.6 Å². The van der Waals surface area contributed by atoms with Crippen LogP contribution >= 0.6 is 12.2 Å². The number of halogens is 1. The number of nitrogens with one attached hydrogen (secondary N) is 1. The highest BCUT2D eigenvalue weighted by atomic mass is 32.1. The SMILES string of the molecule is CCNC(=S)N1CCN(c2ccc(C(C)=O)cc2F)CC1. The van der Waals surface area contributed by atoms with Crippen molar-refractivity contribution in [3.8, 4) is 0 Å². The van der Waals surface area contributed by atoms with Gasteiger partial charge in [0.1, 0.15) is 5.82 Å². The molecule has 1 fully saturated rings. The molecule has 1 saturated heterocycles. The lowest BCUT2D eigenvalue weighted by atomic mass is 10.1. The summed E-state index contributed by atoms with van der Waals surface area (Å²) in [5.74, 6) is -0.466. The molecule has 1 aliphatic rings. The monoisotopic (exact) mass is 309 g/mol. The first kappa shape index (κ1) is 15.7. The van der Waals surface area contributed by atoms with E-state index >= 15 is 0 Å². The number of hydrogen-bond acceptors (Lipinski definition) is 3. The number of rotatable bonds is 3. The van der Waals surface area contributed by atoms with Crippen LogP contribution in [0.1, 0.15) is 24.2 Å². The van der Waals surface area contributed by atoms with E-state index in [2.05, 4.69) is 10.2 Å². The number of anilines is 1. The molecule has 4 nitrogen and oxygen atoms in total. The molecule has 1 N–H and O–H groups in total. The number of hydrogen-bond donors (Lipinski definition) is 1. The van der Waals surface area contributed by atoms with Crippen LogP contribution in [0, 0.1) is 5.82 Å². The van der Waals surface area contributed by atoms with Crippen LogP contribution in [0.4, 0.5) is 10.1 Å². The number of carbonyl (C=O) groups excluding carboxylic acids is 1. The highest BCUT2D eigenvalue weighted by Gasteiger charge is 2.21. The van der Waals surface area contributed by atoms with Crippen molar-refractivity contribution in [1.82, 2.24) is 10.2 Å². The molecule has 1 aromatic rings. The first-order chi connectivity index (χ1) is 10.0. The predicted molar refractivity (Wildman–Crippen MR) is 86.5 cm³/mol. The second-order valence-corrected chi connectivity index (χ2v) is 5.42. The van der Waals surface area contributed by atoms with Crippen LogP contribution in [0.5, 0.6) is 0 Å². The standard InChI is InChI=1S/C15H20FN3OS/c1-3-17-15(21)19-8-6-18(7-9-19)14-5-4-12(11(2)20)10-13(14)16/h4-5,10H,3,6-9H2,1-2H3,(H,17,21). The van der Waals surface area contributed by atoms with Crippen molar-refractivity contribution < 1.29 is 9.18 Å². The second-order valence-electron chi connectivity index (χ2n) is 5.03. The maximum atomic E-state index is 14.1. The normalized spacial score (nSPS) is 15.0. The van der Waals surface area contributed by atoms with Gasteiger partial charge in [-0.05, 0) is 44.3 Å². The Morgan fingerprint density at radius 1 is 1.33 bits per heavy atom. The zero-order valence-electron chi connectivity index (χ0n) is 12.4. The molecule has 0 atom stereocenters. The lowest BCUT2D eigenvalue weighted by molar-refractivity contribution is 0.101. The molecule has 0 radical (unpaired) electrons. The number of nitrogens with zero attached hydrogens (tertiary/aromatic N) is 2. The van der Waals surface area contributed by atoms with Gasteiger partial charge in [0, 0.05) is 38.3 Å². The highest BCUT2D eigenvalue weighted by Crippen LogP contribution is 2.22. The third-order valence-corrected chi connectivity index (χ3v) is 3.99. The molecule has 0 aliphatic carbocycles. The fourth-order valence-corrected chi connectivity index (χ4v) is 2.72. The Balaban J connectivity index is 2.02. The number of Topliss-reactive ketones (excluding diaryl/α,β-unsaturated/α-hetero) is 1. The third kappa shape index (κ3) is 3.69. The molecule has 0 bridgehead atoms. The van der Waals surface area contributed by atoms with Gasteiger partial charge in [-0.15, -0.1) is 0 Å². The summed E-state index contributed by atoms with van der Waals surface area (Å²) in [6.07, 6.45) is 0. The molecule has 0 saturated carbocycles. The van der Waals surface area contributed by atoms with E-state index in [1.54, 1.807) is 12.1 Å². The fourth-order valence-electron chi connectivity index (χ4n) is 2.40. The van der Waals surface area contributed by atoms with Crippen LogP contribution in [0.15, 0.2) is 18.2 Å². The summed E-state index contributed by atoms with van der Waals surface area (Å²) in [7, 11) is 0. The molecule has 0 unspecified atom stereocenters. The van der Waals surface area contributed by atoms with Crippen molar-refractivity contribution in [2.24, 2.45) is 0 Å². The van der Waals surface area contributed by atoms with Crippen LogP contribution in [-0.2, 0) is 0 Å². The zero-order chi connectivity index (χ0) is 15.4. The highest BCUT2D eigenvalue weighted by molar-refractivity contribution is 7.80. The first-order valence-corrected chi connectivity index (χ1v) is 7.52. The lowest BCUT2D eigenvalue weighted by Gasteiger charge is -2.37. The molecule has 0 aromatic heterocycles. The molecule has 21 heavy (non-hydrogen) atoms. The number of ketones is 1. The predicted octanol–water partition coefficient (Wildman–Crippen LogP) is 2.04. The zero-order valence-corrected chi connectivity index (χ0v) is 13.2. The molecular weight excluding hydrogens is 289 g/mol. The van der Waals surface area contributed by atoms with Gasteiger partial charge in [-0.2, -0.15) is 0 Å². The Morgan fingerprint density at radius 2 is 2.00 bits per heavy atom. The number of carbonyl (C=O) groups is 1. The number of thiocarbonyl (C=S) groups is 1. The van der Waals surface area contributed by atoms with E-state index in [-0.39, 0.29) is 11.6 Å². The van der Waals surface area contributed by atoms with Crippen molar-refractivity contribution in [3.63, 3.8) is 0 Å². The topological polar surface area (TPSA) is 35.6 Å². The van der Waals surface area contributed by atoms with Gasteiger partial charge in [0.25, 0.3) is 0 Å². The summed E-state index contributed by atoms with van der Waals surface area (Å²) >= 11 is 5.28. The van der Waals surface area contributed by atoms with Crippen LogP contribution in [0.3, 0.4) is 0 Å². The van der Waals surface area contributed by atoms with E-state index < -0.39 is 0 Å². The van der Waals surface area contributed by atoms with Gasteiger partial charge >= 0.3 is 0 Å². The van der Waals surface area contributed by atoms with E-state index in [0.29, 0.717) is 24.3 Å². The summed E-state index contributed by atoms with van der Waals surface area (Å²) in [6, 6.07) is 4.67. The molecule has 0 amide bonds.